The van der Waals surface area contributed by atoms with Crippen LogP contribution in [0.1, 0.15) is 13.8 Å². The van der Waals surface area contributed by atoms with Gasteiger partial charge in [-0.2, -0.15) is 12.6 Å². The molecule has 0 fully saturated rings. The second-order valence-corrected chi connectivity index (χ2v) is 5.35. The van der Waals surface area contributed by atoms with E-state index in [1.54, 1.807) is 18.2 Å². The summed E-state index contributed by atoms with van der Waals surface area (Å²) in [7, 11) is 0. The zero-order valence-electron chi connectivity index (χ0n) is 8.76. The van der Waals surface area contributed by atoms with E-state index in [4.69, 9.17) is 27.9 Å². The summed E-state index contributed by atoms with van der Waals surface area (Å²) >= 11 is 16.1. The maximum absolute atomic E-state index is 5.97. The van der Waals surface area contributed by atoms with Gasteiger partial charge in [0.15, 0.2) is 0 Å². The minimum atomic E-state index is 0.0226. The predicted octanol–water partition coefficient (Wildman–Crippen LogP) is 4.33. The summed E-state index contributed by atoms with van der Waals surface area (Å²) in [5, 5.41) is 1.20. The van der Waals surface area contributed by atoms with Crippen LogP contribution in [0, 0.1) is 5.41 Å². The number of hydrogen-bond donors (Lipinski definition) is 1. The first-order valence-electron chi connectivity index (χ1n) is 4.63. The highest BCUT2D eigenvalue weighted by atomic mass is 35.5. The largest absolute Gasteiger partial charge is 0.491 e. The Labute approximate surface area is 106 Å². The fourth-order valence-corrected chi connectivity index (χ4v) is 1.33. The summed E-state index contributed by atoms with van der Waals surface area (Å²) in [5.41, 5.74) is 0.0226. The Morgan fingerprint density at radius 3 is 2.60 bits per heavy atom. The van der Waals surface area contributed by atoms with E-state index in [9.17, 15) is 0 Å². The molecule has 1 nitrogen and oxygen atoms in total. The third-order valence-electron chi connectivity index (χ3n) is 1.94. The fraction of sp³-hybridized carbons (Fsp3) is 0.455. The molecule has 0 aliphatic heterocycles. The lowest BCUT2D eigenvalue weighted by Crippen LogP contribution is -2.23. The molecule has 0 saturated carbocycles. The van der Waals surface area contributed by atoms with Gasteiger partial charge in [-0.15, -0.1) is 0 Å². The number of thiol groups is 1. The molecule has 0 spiro atoms. The third kappa shape index (κ3) is 4.13. The Bertz CT molecular complexity index is 339. The monoisotopic (exact) mass is 264 g/mol. The van der Waals surface area contributed by atoms with E-state index in [1.807, 2.05) is 0 Å². The average molecular weight is 265 g/mol. The zero-order chi connectivity index (χ0) is 11.5. The van der Waals surface area contributed by atoms with Crippen molar-refractivity contribution in [3.8, 4) is 5.75 Å². The van der Waals surface area contributed by atoms with E-state index in [-0.39, 0.29) is 5.41 Å². The highest BCUT2D eigenvalue weighted by Crippen LogP contribution is 2.29. The molecule has 0 aromatic heterocycles. The van der Waals surface area contributed by atoms with Crippen LogP contribution in [0.15, 0.2) is 18.2 Å². The van der Waals surface area contributed by atoms with Gasteiger partial charge in [0.2, 0.25) is 0 Å². The molecule has 0 unspecified atom stereocenters. The van der Waals surface area contributed by atoms with E-state index in [0.717, 1.165) is 5.75 Å². The van der Waals surface area contributed by atoms with Gasteiger partial charge in [-0.1, -0.05) is 37.0 Å². The van der Waals surface area contributed by atoms with Crippen LogP contribution in [0.5, 0.6) is 5.75 Å². The van der Waals surface area contributed by atoms with Crippen LogP contribution in [0.25, 0.3) is 0 Å². The molecular weight excluding hydrogens is 251 g/mol. The minimum Gasteiger partial charge on any atom is -0.491 e. The van der Waals surface area contributed by atoms with E-state index in [0.29, 0.717) is 22.4 Å². The number of halogens is 2. The lowest BCUT2D eigenvalue weighted by Gasteiger charge is -2.22. The molecule has 4 heteroatoms. The third-order valence-corrected chi connectivity index (χ3v) is 3.34. The van der Waals surface area contributed by atoms with Gasteiger partial charge in [-0.05, 0) is 17.9 Å². The van der Waals surface area contributed by atoms with Crippen LogP contribution in [0.2, 0.25) is 10.0 Å². The van der Waals surface area contributed by atoms with E-state index in [2.05, 4.69) is 26.5 Å². The number of ether oxygens (including phenoxy) is 1. The van der Waals surface area contributed by atoms with Crippen molar-refractivity contribution >= 4 is 35.8 Å². The summed E-state index contributed by atoms with van der Waals surface area (Å²) in [6, 6.07) is 5.19. The summed E-state index contributed by atoms with van der Waals surface area (Å²) in [6.07, 6.45) is 0. The first kappa shape index (κ1) is 13.0. The van der Waals surface area contributed by atoms with Gasteiger partial charge >= 0.3 is 0 Å². The van der Waals surface area contributed by atoms with Crippen molar-refractivity contribution < 1.29 is 4.74 Å². The Morgan fingerprint density at radius 1 is 1.33 bits per heavy atom. The fourth-order valence-electron chi connectivity index (χ4n) is 0.907. The lowest BCUT2D eigenvalue weighted by atomic mass is 9.98. The van der Waals surface area contributed by atoms with Crippen LogP contribution >= 0.6 is 35.8 Å². The van der Waals surface area contributed by atoms with Crippen molar-refractivity contribution in [2.24, 2.45) is 5.41 Å². The molecule has 1 aromatic rings. The summed E-state index contributed by atoms with van der Waals surface area (Å²) < 4.78 is 5.61. The maximum atomic E-state index is 5.97. The minimum absolute atomic E-state index is 0.0226. The topological polar surface area (TPSA) is 9.23 Å². The van der Waals surface area contributed by atoms with Crippen molar-refractivity contribution in [3.63, 3.8) is 0 Å². The normalized spacial score (nSPS) is 11.5. The first-order valence-corrected chi connectivity index (χ1v) is 6.02. The Balaban J connectivity index is 2.69. The number of hydrogen-bond acceptors (Lipinski definition) is 2. The number of benzene rings is 1. The van der Waals surface area contributed by atoms with Crippen molar-refractivity contribution in [2.45, 2.75) is 13.8 Å². The van der Waals surface area contributed by atoms with Crippen molar-refractivity contribution in [3.05, 3.63) is 28.2 Å². The molecule has 84 valence electrons. The molecule has 0 radical (unpaired) electrons. The smallest absolute Gasteiger partial charge is 0.139 e. The second kappa shape index (κ2) is 5.33. The first-order chi connectivity index (χ1) is 6.94. The van der Waals surface area contributed by atoms with Gasteiger partial charge in [-0.25, -0.2) is 0 Å². The van der Waals surface area contributed by atoms with Crippen LogP contribution < -0.4 is 4.74 Å². The highest BCUT2D eigenvalue weighted by Gasteiger charge is 2.17. The van der Waals surface area contributed by atoms with Crippen LogP contribution in [-0.4, -0.2) is 12.4 Å². The summed E-state index contributed by atoms with van der Waals surface area (Å²) in [4.78, 5) is 0. The summed E-state index contributed by atoms with van der Waals surface area (Å²) in [5.74, 6) is 1.38. The molecule has 0 heterocycles. The maximum Gasteiger partial charge on any atom is 0.139 e. The van der Waals surface area contributed by atoms with Gasteiger partial charge < -0.3 is 4.74 Å². The summed E-state index contributed by atoms with van der Waals surface area (Å²) in [6.45, 7) is 4.73. The average Bonchev–Trinajstić information content (AvgIpc) is 2.20. The van der Waals surface area contributed by atoms with Crippen LogP contribution in [0.4, 0.5) is 0 Å². The molecular formula is C11H14Cl2OS. The molecule has 0 aliphatic carbocycles. The molecule has 0 N–H and O–H groups in total. The molecule has 0 atom stereocenters. The Kier molecular flexibility index (Phi) is 4.63. The SMILES string of the molecule is CC(C)(CS)COc1cc(Cl)ccc1Cl. The van der Waals surface area contributed by atoms with Crippen molar-refractivity contribution in [1.29, 1.82) is 0 Å². The van der Waals surface area contributed by atoms with Gasteiger partial charge in [0.25, 0.3) is 0 Å². The quantitative estimate of drug-likeness (QED) is 0.797. The Morgan fingerprint density at radius 2 is 2.00 bits per heavy atom. The zero-order valence-corrected chi connectivity index (χ0v) is 11.2. The van der Waals surface area contributed by atoms with Crippen molar-refractivity contribution in [2.75, 3.05) is 12.4 Å². The predicted molar refractivity (Wildman–Crippen MR) is 69.6 cm³/mol. The van der Waals surface area contributed by atoms with Crippen LogP contribution in [-0.2, 0) is 0 Å². The molecule has 0 aliphatic rings. The van der Waals surface area contributed by atoms with Gasteiger partial charge in [0, 0.05) is 16.5 Å². The molecule has 1 aromatic carbocycles. The van der Waals surface area contributed by atoms with E-state index in [1.165, 1.54) is 0 Å². The van der Waals surface area contributed by atoms with E-state index < -0.39 is 0 Å². The second-order valence-electron chi connectivity index (χ2n) is 4.19. The van der Waals surface area contributed by atoms with Gasteiger partial charge in [0.05, 0.1) is 11.6 Å². The number of rotatable bonds is 4. The van der Waals surface area contributed by atoms with Crippen LogP contribution in [0.3, 0.4) is 0 Å². The molecule has 1 rings (SSSR count). The van der Waals surface area contributed by atoms with Gasteiger partial charge in [0.1, 0.15) is 5.75 Å². The Hall–Kier alpha value is -0.0500. The molecule has 15 heavy (non-hydrogen) atoms. The highest BCUT2D eigenvalue weighted by molar-refractivity contribution is 7.80. The van der Waals surface area contributed by atoms with E-state index >= 15 is 0 Å². The van der Waals surface area contributed by atoms with Crippen molar-refractivity contribution in [1.82, 2.24) is 0 Å². The van der Waals surface area contributed by atoms with Gasteiger partial charge in [-0.3, -0.25) is 0 Å². The molecule has 0 bridgehead atoms. The molecule has 0 saturated heterocycles. The standard InChI is InChI=1S/C11H14Cl2OS/c1-11(2,7-15)6-14-10-5-8(12)3-4-9(10)13/h3-5,15H,6-7H2,1-2H3. The lowest BCUT2D eigenvalue weighted by molar-refractivity contribution is 0.202. The molecule has 0 amide bonds.